The van der Waals surface area contributed by atoms with Crippen molar-refractivity contribution in [2.75, 3.05) is 26.2 Å². The van der Waals surface area contributed by atoms with Crippen molar-refractivity contribution in [3.05, 3.63) is 18.0 Å². The van der Waals surface area contributed by atoms with Gasteiger partial charge in [0.2, 0.25) is 5.91 Å². The van der Waals surface area contributed by atoms with E-state index in [2.05, 4.69) is 21.1 Å². The van der Waals surface area contributed by atoms with Crippen molar-refractivity contribution in [2.24, 2.45) is 30.5 Å². The van der Waals surface area contributed by atoms with Gasteiger partial charge in [-0.25, -0.2) is 0 Å². The van der Waals surface area contributed by atoms with Gasteiger partial charge in [0.1, 0.15) is 0 Å². The minimum absolute atomic E-state index is 0. The van der Waals surface area contributed by atoms with Gasteiger partial charge in [0.25, 0.3) is 0 Å². The van der Waals surface area contributed by atoms with Crippen molar-refractivity contribution in [2.45, 2.75) is 44.7 Å². The standard InChI is InChI=1S/C19H31N5O.3ClH/c1-22-12-14(11-21-22)13-23-5-7-24(8-6-23)19(25)17-9-15-3-2-4-16(10-17)18(15)20;;;/h11-12,15-18H,2-10,13,20H2,1H3;3*1H. The van der Waals surface area contributed by atoms with Crippen LogP contribution in [0.5, 0.6) is 0 Å². The van der Waals surface area contributed by atoms with Crippen LogP contribution in [0.4, 0.5) is 0 Å². The van der Waals surface area contributed by atoms with E-state index < -0.39 is 0 Å². The number of nitrogens with zero attached hydrogens (tertiary/aromatic N) is 4. The van der Waals surface area contributed by atoms with Crippen molar-refractivity contribution in [1.29, 1.82) is 0 Å². The lowest BCUT2D eigenvalue weighted by Crippen LogP contribution is -2.53. The zero-order chi connectivity index (χ0) is 17.4. The van der Waals surface area contributed by atoms with Crippen LogP contribution >= 0.6 is 37.2 Å². The largest absolute Gasteiger partial charge is 0.340 e. The smallest absolute Gasteiger partial charge is 0.225 e. The molecule has 2 aliphatic carbocycles. The maximum absolute atomic E-state index is 13.0. The predicted molar refractivity (Wildman–Crippen MR) is 118 cm³/mol. The Morgan fingerprint density at radius 1 is 1.11 bits per heavy atom. The van der Waals surface area contributed by atoms with Gasteiger partial charge in [-0.1, -0.05) is 6.42 Å². The van der Waals surface area contributed by atoms with Gasteiger partial charge in [0.15, 0.2) is 0 Å². The van der Waals surface area contributed by atoms with Crippen LogP contribution in [0.2, 0.25) is 0 Å². The van der Waals surface area contributed by atoms with Gasteiger partial charge in [-0.05, 0) is 37.5 Å². The van der Waals surface area contributed by atoms with Crippen molar-refractivity contribution >= 4 is 43.1 Å². The van der Waals surface area contributed by atoms with Crippen molar-refractivity contribution < 1.29 is 4.79 Å². The van der Waals surface area contributed by atoms with E-state index in [4.69, 9.17) is 5.73 Å². The molecule has 3 fully saturated rings. The highest BCUT2D eigenvalue weighted by Gasteiger charge is 2.41. The summed E-state index contributed by atoms with van der Waals surface area (Å²) in [5, 5.41) is 4.24. The zero-order valence-corrected chi connectivity index (χ0v) is 19.0. The molecule has 1 aliphatic heterocycles. The predicted octanol–water partition coefficient (Wildman–Crippen LogP) is 2.48. The Balaban J connectivity index is 0.00000131. The van der Waals surface area contributed by atoms with E-state index in [-0.39, 0.29) is 43.1 Å². The summed E-state index contributed by atoms with van der Waals surface area (Å²) >= 11 is 0. The summed E-state index contributed by atoms with van der Waals surface area (Å²) in [6.45, 7) is 4.56. The molecule has 0 radical (unpaired) electrons. The number of aryl methyl sites for hydroxylation is 1. The van der Waals surface area contributed by atoms with Crippen LogP contribution < -0.4 is 5.73 Å². The van der Waals surface area contributed by atoms with Gasteiger partial charge < -0.3 is 10.6 Å². The first-order valence-electron chi connectivity index (χ1n) is 9.84. The number of carbonyl (C=O) groups is 1. The first kappa shape index (κ1) is 25.5. The Bertz CT molecular complexity index is 606. The Kier molecular flexibility index (Phi) is 10.0. The molecule has 2 saturated carbocycles. The molecule has 4 rings (SSSR count). The number of amides is 1. The second-order valence-electron chi connectivity index (χ2n) is 8.32. The maximum atomic E-state index is 13.0. The molecule has 6 nitrogen and oxygen atoms in total. The van der Waals surface area contributed by atoms with Gasteiger partial charge in [-0.2, -0.15) is 5.10 Å². The number of hydrogen-bond donors (Lipinski definition) is 1. The molecule has 1 saturated heterocycles. The number of fused-ring (bicyclic) bond motifs is 2. The Hall–Kier alpha value is -0.530. The first-order chi connectivity index (χ1) is 12.1. The topological polar surface area (TPSA) is 67.4 Å². The van der Waals surface area contributed by atoms with E-state index in [9.17, 15) is 4.79 Å². The fraction of sp³-hybridized carbons (Fsp3) is 0.789. The van der Waals surface area contributed by atoms with Gasteiger partial charge in [0, 0.05) is 63.5 Å². The molecule has 2 unspecified atom stereocenters. The monoisotopic (exact) mass is 453 g/mol. The number of rotatable bonds is 3. The lowest BCUT2D eigenvalue weighted by molar-refractivity contribution is -0.140. The van der Waals surface area contributed by atoms with E-state index in [1.165, 1.54) is 24.8 Å². The lowest BCUT2D eigenvalue weighted by Gasteiger charge is -2.45. The van der Waals surface area contributed by atoms with E-state index >= 15 is 0 Å². The average Bonchev–Trinajstić information content (AvgIpc) is 2.99. The van der Waals surface area contributed by atoms with Gasteiger partial charge >= 0.3 is 0 Å². The number of aromatic nitrogens is 2. The number of nitrogens with two attached hydrogens (primary N) is 1. The van der Waals surface area contributed by atoms with Crippen LogP contribution in [0.1, 0.15) is 37.7 Å². The van der Waals surface area contributed by atoms with Crippen LogP contribution in [0.25, 0.3) is 0 Å². The van der Waals surface area contributed by atoms with Crippen LogP contribution in [-0.2, 0) is 18.4 Å². The van der Waals surface area contributed by atoms with E-state index in [1.54, 1.807) is 0 Å². The SMILES string of the molecule is Cl.Cl.Cl.Cn1cc(CN2CCN(C(=O)C3CC4CCCC(C3)C4N)CC2)cn1. The van der Waals surface area contributed by atoms with Crippen LogP contribution in [-0.4, -0.2) is 57.7 Å². The molecule has 28 heavy (non-hydrogen) atoms. The molecule has 1 aromatic heterocycles. The van der Waals surface area contributed by atoms with Gasteiger partial charge in [0.05, 0.1) is 6.20 Å². The van der Waals surface area contributed by atoms with E-state index in [1.807, 2.05) is 17.9 Å². The third kappa shape index (κ3) is 5.54. The summed E-state index contributed by atoms with van der Waals surface area (Å²) in [6.07, 6.45) is 9.79. The van der Waals surface area contributed by atoms with Gasteiger partial charge in [-0.15, -0.1) is 37.2 Å². The second kappa shape index (κ2) is 11.0. The zero-order valence-electron chi connectivity index (χ0n) is 16.5. The molecule has 3 aliphatic rings. The molecule has 2 atom stereocenters. The molecule has 9 heteroatoms. The third-order valence-corrected chi connectivity index (χ3v) is 6.61. The normalized spacial score (nSPS) is 29.9. The average molecular weight is 455 g/mol. The summed E-state index contributed by atoms with van der Waals surface area (Å²) in [5.74, 6) is 1.77. The van der Waals surface area contributed by atoms with Crippen molar-refractivity contribution in [3.63, 3.8) is 0 Å². The lowest BCUT2D eigenvalue weighted by atomic mass is 9.65. The van der Waals surface area contributed by atoms with Gasteiger partial charge in [-0.3, -0.25) is 14.4 Å². The minimum Gasteiger partial charge on any atom is -0.340 e. The summed E-state index contributed by atoms with van der Waals surface area (Å²) < 4.78 is 1.85. The molecular formula is C19H34Cl3N5O. The molecule has 2 bridgehead atoms. The molecule has 0 spiro atoms. The van der Waals surface area contributed by atoms with Crippen molar-refractivity contribution in [1.82, 2.24) is 19.6 Å². The van der Waals surface area contributed by atoms with Crippen LogP contribution in [0.15, 0.2) is 12.4 Å². The molecule has 1 aromatic rings. The molecule has 162 valence electrons. The Morgan fingerprint density at radius 2 is 1.71 bits per heavy atom. The van der Waals surface area contributed by atoms with Crippen LogP contribution in [0.3, 0.4) is 0 Å². The molecule has 1 amide bonds. The number of hydrogen-bond acceptors (Lipinski definition) is 4. The molecular weight excluding hydrogens is 421 g/mol. The van der Waals surface area contributed by atoms with Crippen molar-refractivity contribution in [3.8, 4) is 0 Å². The third-order valence-electron chi connectivity index (χ3n) is 6.61. The fourth-order valence-electron chi connectivity index (χ4n) is 5.19. The second-order valence-corrected chi connectivity index (χ2v) is 8.32. The highest BCUT2D eigenvalue weighted by molar-refractivity contribution is 5.86. The highest BCUT2D eigenvalue weighted by Crippen LogP contribution is 2.42. The minimum atomic E-state index is 0. The molecule has 2 N–H and O–H groups in total. The van der Waals surface area contributed by atoms with Crippen LogP contribution in [0, 0.1) is 17.8 Å². The summed E-state index contributed by atoms with van der Waals surface area (Å²) in [5.41, 5.74) is 7.63. The highest BCUT2D eigenvalue weighted by atomic mass is 35.5. The first-order valence-corrected chi connectivity index (χ1v) is 9.84. The number of carbonyl (C=O) groups excluding carboxylic acids is 1. The Labute approximate surface area is 186 Å². The molecule has 0 aromatic carbocycles. The van der Waals surface area contributed by atoms with E-state index in [0.29, 0.717) is 23.8 Å². The molecule has 2 heterocycles. The Morgan fingerprint density at radius 3 is 2.25 bits per heavy atom. The van der Waals surface area contributed by atoms with E-state index in [0.717, 1.165) is 45.6 Å². The maximum Gasteiger partial charge on any atom is 0.225 e. The quantitative estimate of drug-likeness (QED) is 0.762. The number of piperazine rings is 1. The summed E-state index contributed by atoms with van der Waals surface area (Å²) in [4.78, 5) is 17.5. The summed E-state index contributed by atoms with van der Waals surface area (Å²) in [7, 11) is 1.95. The summed E-state index contributed by atoms with van der Waals surface area (Å²) in [6, 6.07) is 0.342. The fourth-order valence-corrected chi connectivity index (χ4v) is 5.19. The number of halogens is 3.